The molecule has 0 aliphatic carbocycles. The summed E-state index contributed by atoms with van der Waals surface area (Å²) in [6, 6.07) is 4.37. The number of tetrazole rings is 1. The summed E-state index contributed by atoms with van der Waals surface area (Å²) < 4.78 is 22.7. The Labute approximate surface area is 108 Å². The maximum Gasteiger partial charge on any atom is 0.297 e. The molecule has 19 heavy (non-hydrogen) atoms. The number of carbonyl (C=O) groups excluding carboxylic acids is 1. The predicted molar refractivity (Wildman–Crippen MR) is 64.7 cm³/mol. The fourth-order valence-corrected chi connectivity index (χ4v) is 2.30. The molecule has 1 aromatic heterocycles. The molecule has 4 N–H and O–H groups in total. The second-order valence-electron chi connectivity index (χ2n) is 3.66. The largest absolute Gasteiger partial charge is 0.319 e. The number of carbonyl (C=O) groups is 1. The van der Waals surface area contributed by atoms with Crippen molar-refractivity contribution in [2.75, 3.05) is 5.32 Å². The van der Waals surface area contributed by atoms with Crippen molar-refractivity contribution in [2.45, 2.75) is 11.8 Å². The lowest BCUT2D eigenvalue weighted by atomic mass is 10.2. The van der Waals surface area contributed by atoms with Crippen molar-refractivity contribution in [3.8, 4) is 0 Å². The van der Waals surface area contributed by atoms with Gasteiger partial charge in [-0.2, -0.15) is 5.21 Å². The lowest BCUT2D eigenvalue weighted by Crippen LogP contribution is -2.17. The van der Waals surface area contributed by atoms with E-state index in [4.69, 9.17) is 5.14 Å². The van der Waals surface area contributed by atoms with Crippen molar-refractivity contribution in [3.63, 3.8) is 0 Å². The van der Waals surface area contributed by atoms with Gasteiger partial charge in [-0.25, -0.2) is 13.6 Å². The number of nitrogens with one attached hydrogen (secondary N) is 2. The summed E-state index contributed by atoms with van der Waals surface area (Å²) in [6.07, 6.45) is 0. The molecule has 0 aliphatic rings. The number of primary sulfonamides is 1. The molecule has 0 spiro atoms. The van der Waals surface area contributed by atoms with Crippen LogP contribution >= 0.6 is 0 Å². The number of hydrogen-bond acceptors (Lipinski definition) is 6. The number of aromatic amines is 1. The average molecular weight is 282 g/mol. The molecule has 0 saturated heterocycles. The summed E-state index contributed by atoms with van der Waals surface area (Å²) in [5, 5.41) is 20.0. The number of nitrogens with zero attached hydrogens (tertiary/aromatic N) is 3. The molecule has 0 atom stereocenters. The third-order valence-corrected chi connectivity index (χ3v) is 3.44. The minimum Gasteiger partial charge on any atom is -0.319 e. The molecule has 0 bridgehead atoms. The summed E-state index contributed by atoms with van der Waals surface area (Å²) >= 11 is 0. The minimum absolute atomic E-state index is 0.0570. The average Bonchev–Trinajstić information content (AvgIpc) is 2.83. The van der Waals surface area contributed by atoms with E-state index in [-0.39, 0.29) is 10.7 Å². The molecule has 9 nitrogen and oxygen atoms in total. The second-order valence-corrected chi connectivity index (χ2v) is 5.19. The third kappa shape index (κ3) is 2.74. The van der Waals surface area contributed by atoms with Gasteiger partial charge in [-0.3, -0.25) is 4.79 Å². The molecule has 100 valence electrons. The van der Waals surface area contributed by atoms with Crippen LogP contribution in [0.2, 0.25) is 0 Å². The highest BCUT2D eigenvalue weighted by Gasteiger charge is 2.17. The second kappa shape index (κ2) is 4.74. The zero-order chi connectivity index (χ0) is 14.0. The van der Waals surface area contributed by atoms with Crippen LogP contribution < -0.4 is 10.5 Å². The van der Waals surface area contributed by atoms with Crippen LogP contribution in [-0.4, -0.2) is 34.9 Å². The van der Waals surface area contributed by atoms with Crippen molar-refractivity contribution in [2.24, 2.45) is 5.14 Å². The Morgan fingerprint density at radius 3 is 2.74 bits per heavy atom. The number of nitrogens with two attached hydrogens (primary N) is 1. The maximum atomic E-state index is 11.7. The van der Waals surface area contributed by atoms with Gasteiger partial charge >= 0.3 is 0 Å². The fraction of sp³-hybridized carbons (Fsp3) is 0.111. The van der Waals surface area contributed by atoms with Crippen molar-refractivity contribution in [1.29, 1.82) is 0 Å². The molecule has 0 fully saturated rings. The summed E-state index contributed by atoms with van der Waals surface area (Å²) in [4.78, 5) is 11.7. The molecule has 2 rings (SSSR count). The first-order valence-corrected chi connectivity index (χ1v) is 6.61. The Bertz CT molecular complexity index is 710. The Balaban J connectivity index is 2.35. The molecule has 0 saturated carbocycles. The summed E-state index contributed by atoms with van der Waals surface area (Å²) in [5.74, 6) is -0.760. The Morgan fingerprint density at radius 1 is 1.42 bits per heavy atom. The van der Waals surface area contributed by atoms with E-state index in [2.05, 4.69) is 25.9 Å². The normalized spacial score (nSPS) is 11.3. The van der Waals surface area contributed by atoms with E-state index < -0.39 is 15.9 Å². The molecule has 2 aromatic rings. The Kier molecular flexibility index (Phi) is 3.27. The number of benzene rings is 1. The van der Waals surface area contributed by atoms with E-state index in [1.807, 2.05) is 0 Å². The molecule has 1 amide bonds. The monoisotopic (exact) mass is 282 g/mol. The SMILES string of the molecule is Cc1c(NC(=O)c2nn[nH]n2)cccc1S(N)(=O)=O. The topological polar surface area (TPSA) is 144 Å². The van der Waals surface area contributed by atoms with Gasteiger partial charge < -0.3 is 5.32 Å². The number of sulfonamides is 1. The van der Waals surface area contributed by atoms with E-state index in [1.165, 1.54) is 19.1 Å². The van der Waals surface area contributed by atoms with Gasteiger partial charge in [-0.15, -0.1) is 10.2 Å². The lowest BCUT2D eigenvalue weighted by molar-refractivity contribution is 0.101. The summed E-state index contributed by atoms with van der Waals surface area (Å²) in [6.45, 7) is 1.53. The number of anilines is 1. The van der Waals surface area contributed by atoms with Crippen molar-refractivity contribution in [3.05, 3.63) is 29.6 Å². The number of rotatable bonds is 3. The predicted octanol–water partition coefficient (Wildman–Crippen LogP) is -0.592. The molecular weight excluding hydrogens is 272 g/mol. The van der Waals surface area contributed by atoms with Gasteiger partial charge in [0.25, 0.3) is 11.7 Å². The van der Waals surface area contributed by atoms with Crippen molar-refractivity contribution in [1.82, 2.24) is 20.6 Å². The highest BCUT2D eigenvalue weighted by Crippen LogP contribution is 2.22. The van der Waals surface area contributed by atoms with Gasteiger partial charge in [0.1, 0.15) is 0 Å². The lowest BCUT2D eigenvalue weighted by Gasteiger charge is -2.09. The van der Waals surface area contributed by atoms with Crippen LogP contribution in [0, 0.1) is 6.92 Å². The van der Waals surface area contributed by atoms with Crippen LogP contribution in [0.4, 0.5) is 5.69 Å². The van der Waals surface area contributed by atoms with Gasteiger partial charge in [0, 0.05) is 5.69 Å². The first-order valence-electron chi connectivity index (χ1n) is 5.07. The smallest absolute Gasteiger partial charge is 0.297 e. The van der Waals surface area contributed by atoms with Gasteiger partial charge in [0.15, 0.2) is 0 Å². The maximum absolute atomic E-state index is 11.7. The van der Waals surface area contributed by atoms with Crippen molar-refractivity contribution >= 4 is 21.6 Å². The van der Waals surface area contributed by atoms with E-state index in [0.29, 0.717) is 11.3 Å². The van der Waals surface area contributed by atoms with Crippen molar-refractivity contribution < 1.29 is 13.2 Å². The Hall–Kier alpha value is -2.33. The van der Waals surface area contributed by atoms with Crippen LogP contribution in [0.3, 0.4) is 0 Å². The van der Waals surface area contributed by atoms with E-state index in [1.54, 1.807) is 6.07 Å². The molecule has 10 heteroatoms. The molecule has 0 unspecified atom stereocenters. The van der Waals surface area contributed by atoms with Crippen LogP contribution in [0.5, 0.6) is 0 Å². The van der Waals surface area contributed by atoms with Crippen LogP contribution in [-0.2, 0) is 10.0 Å². The van der Waals surface area contributed by atoms with Crippen LogP contribution in [0.15, 0.2) is 23.1 Å². The number of hydrogen-bond donors (Lipinski definition) is 3. The van der Waals surface area contributed by atoms with Gasteiger partial charge in [0.2, 0.25) is 10.0 Å². The first-order chi connectivity index (χ1) is 8.89. The van der Waals surface area contributed by atoms with Gasteiger partial charge in [0.05, 0.1) is 4.90 Å². The van der Waals surface area contributed by atoms with Gasteiger partial charge in [-0.05, 0) is 29.8 Å². The zero-order valence-electron chi connectivity index (χ0n) is 9.78. The number of H-pyrrole nitrogens is 1. The third-order valence-electron chi connectivity index (χ3n) is 2.39. The minimum atomic E-state index is -3.85. The quantitative estimate of drug-likeness (QED) is 0.686. The zero-order valence-corrected chi connectivity index (χ0v) is 10.6. The Morgan fingerprint density at radius 2 is 2.16 bits per heavy atom. The molecule has 0 aliphatic heterocycles. The molecule has 1 aromatic carbocycles. The van der Waals surface area contributed by atoms with Gasteiger partial charge in [-0.1, -0.05) is 6.07 Å². The van der Waals surface area contributed by atoms with E-state index in [0.717, 1.165) is 0 Å². The summed E-state index contributed by atoms with van der Waals surface area (Å²) in [5.41, 5.74) is 0.642. The molecule has 1 heterocycles. The standard InChI is InChI=1S/C9H10N6O3S/c1-5-6(3-2-4-7(5)19(10,17)18)11-9(16)8-12-14-15-13-8/h2-4H,1H3,(H,11,16)(H2,10,17,18)(H,12,13,14,15). The highest BCUT2D eigenvalue weighted by atomic mass is 32.2. The van der Waals surface area contributed by atoms with Crippen LogP contribution in [0.1, 0.15) is 16.2 Å². The molecular formula is C9H10N6O3S. The number of amides is 1. The fourth-order valence-electron chi connectivity index (χ4n) is 1.49. The van der Waals surface area contributed by atoms with E-state index >= 15 is 0 Å². The van der Waals surface area contributed by atoms with Crippen LogP contribution in [0.25, 0.3) is 0 Å². The number of aromatic nitrogens is 4. The highest BCUT2D eigenvalue weighted by molar-refractivity contribution is 7.89. The first kappa shape index (κ1) is 13.1. The molecule has 0 radical (unpaired) electrons. The summed E-state index contributed by atoms with van der Waals surface area (Å²) in [7, 11) is -3.85. The van der Waals surface area contributed by atoms with E-state index in [9.17, 15) is 13.2 Å².